The molecule has 0 aliphatic heterocycles. The van der Waals surface area contributed by atoms with Gasteiger partial charge in [0.15, 0.2) is 0 Å². The van der Waals surface area contributed by atoms with E-state index in [-0.39, 0.29) is 0 Å². The first-order valence-electron chi connectivity index (χ1n) is 7.10. The van der Waals surface area contributed by atoms with Crippen LogP contribution in [0, 0.1) is 5.92 Å². The number of hydrogen-bond donors (Lipinski definition) is 1. The first-order chi connectivity index (χ1) is 9.65. The van der Waals surface area contributed by atoms with Gasteiger partial charge in [-0.15, -0.1) is 0 Å². The van der Waals surface area contributed by atoms with Crippen molar-refractivity contribution >= 4 is 0 Å². The summed E-state index contributed by atoms with van der Waals surface area (Å²) in [6, 6.07) is 16.9. The summed E-state index contributed by atoms with van der Waals surface area (Å²) in [7, 11) is 1.68. The van der Waals surface area contributed by atoms with E-state index in [0.717, 1.165) is 5.75 Å². The van der Waals surface area contributed by atoms with Crippen LogP contribution in [-0.2, 0) is 0 Å². The smallest absolute Gasteiger partial charge is 0.118 e. The molecule has 0 radical (unpaired) electrons. The predicted molar refractivity (Wildman–Crippen MR) is 85.1 cm³/mol. The molecule has 2 aromatic carbocycles. The Balaban J connectivity index is 2.22. The minimum atomic E-state index is 0.430. The molecular formula is C18H23NO. The fourth-order valence-corrected chi connectivity index (χ4v) is 2.50. The Labute approximate surface area is 121 Å². The summed E-state index contributed by atoms with van der Waals surface area (Å²) in [5.41, 5.74) is 9.61. The van der Waals surface area contributed by atoms with E-state index in [0.29, 0.717) is 18.4 Å². The molecule has 0 spiro atoms. The Hall–Kier alpha value is -1.80. The van der Waals surface area contributed by atoms with Gasteiger partial charge in [-0.05, 0) is 47.2 Å². The van der Waals surface area contributed by atoms with Gasteiger partial charge in [0.25, 0.3) is 0 Å². The van der Waals surface area contributed by atoms with Crippen LogP contribution in [0.25, 0.3) is 11.1 Å². The van der Waals surface area contributed by atoms with Gasteiger partial charge in [0.05, 0.1) is 7.11 Å². The fraction of sp³-hybridized carbons (Fsp3) is 0.333. The van der Waals surface area contributed by atoms with E-state index >= 15 is 0 Å². The molecule has 2 nitrogen and oxygen atoms in total. The van der Waals surface area contributed by atoms with Crippen LogP contribution in [0.5, 0.6) is 5.75 Å². The maximum atomic E-state index is 5.87. The monoisotopic (exact) mass is 269 g/mol. The Kier molecular flexibility index (Phi) is 4.80. The third-order valence-electron chi connectivity index (χ3n) is 3.82. The molecule has 0 saturated heterocycles. The molecule has 1 unspecified atom stereocenters. The Morgan fingerprint density at radius 2 is 1.40 bits per heavy atom. The highest BCUT2D eigenvalue weighted by atomic mass is 16.5. The van der Waals surface area contributed by atoms with Gasteiger partial charge in [-0.1, -0.05) is 50.2 Å². The number of ether oxygens (including phenoxy) is 1. The largest absolute Gasteiger partial charge is 0.497 e. The van der Waals surface area contributed by atoms with Gasteiger partial charge in [0.2, 0.25) is 0 Å². The first kappa shape index (κ1) is 14.6. The normalized spacial score (nSPS) is 12.4. The van der Waals surface area contributed by atoms with Crippen LogP contribution in [0.3, 0.4) is 0 Å². The summed E-state index contributed by atoms with van der Waals surface area (Å²) in [5, 5.41) is 0. The molecule has 106 valence electrons. The zero-order valence-electron chi connectivity index (χ0n) is 12.5. The average molecular weight is 269 g/mol. The summed E-state index contributed by atoms with van der Waals surface area (Å²) in [6.45, 7) is 5.13. The summed E-state index contributed by atoms with van der Waals surface area (Å²) >= 11 is 0. The van der Waals surface area contributed by atoms with Crippen molar-refractivity contribution in [2.24, 2.45) is 11.7 Å². The molecule has 0 saturated carbocycles. The number of methoxy groups -OCH3 is 1. The summed E-state index contributed by atoms with van der Waals surface area (Å²) in [4.78, 5) is 0. The molecular weight excluding hydrogens is 246 g/mol. The molecule has 0 aliphatic rings. The van der Waals surface area contributed by atoms with Crippen LogP contribution in [0.15, 0.2) is 48.5 Å². The maximum Gasteiger partial charge on any atom is 0.118 e. The highest BCUT2D eigenvalue weighted by molar-refractivity contribution is 5.64. The lowest BCUT2D eigenvalue weighted by Crippen LogP contribution is -2.17. The van der Waals surface area contributed by atoms with E-state index in [1.807, 2.05) is 12.1 Å². The Bertz CT molecular complexity index is 528. The SMILES string of the molecule is COc1ccc(-c2ccc(C(CN)C(C)C)cc2)cc1. The third-order valence-corrected chi connectivity index (χ3v) is 3.82. The predicted octanol–water partition coefficient (Wildman–Crippen LogP) is 4.06. The quantitative estimate of drug-likeness (QED) is 0.888. The molecule has 2 aromatic rings. The number of rotatable bonds is 5. The highest BCUT2D eigenvalue weighted by Gasteiger charge is 2.13. The lowest BCUT2D eigenvalue weighted by atomic mass is 9.88. The van der Waals surface area contributed by atoms with Crippen molar-refractivity contribution in [3.63, 3.8) is 0 Å². The number of benzene rings is 2. The van der Waals surface area contributed by atoms with Gasteiger partial charge < -0.3 is 10.5 Å². The van der Waals surface area contributed by atoms with Crippen LogP contribution in [-0.4, -0.2) is 13.7 Å². The van der Waals surface area contributed by atoms with E-state index < -0.39 is 0 Å². The summed E-state index contributed by atoms with van der Waals surface area (Å²) in [5.74, 6) is 1.88. The van der Waals surface area contributed by atoms with Gasteiger partial charge >= 0.3 is 0 Å². The van der Waals surface area contributed by atoms with Gasteiger partial charge in [-0.3, -0.25) is 0 Å². The van der Waals surface area contributed by atoms with Crippen LogP contribution in [0.2, 0.25) is 0 Å². The molecule has 0 bridgehead atoms. The van der Waals surface area contributed by atoms with Crippen molar-refractivity contribution in [2.75, 3.05) is 13.7 Å². The van der Waals surface area contributed by atoms with Crippen molar-refractivity contribution in [3.8, 4) is 16.9 Å². The van der Waals surface area contributed by atoms with Crippen molar-refractivity contribution in [3.05, 3.63) is 54.1 Å². The molecule has 0 fully saturated rings. The third kappa shape index (κ3) is 3.20. The Morgan fingerprint density at radius 3 is 1.80 bits per heavy atom. The van der Waals surface area contributed by atoms with Crippen molar-refractivity contribution in [1.29, 1.82) is 0 Å². The van der Waals surface area contributed by atoms with E-state index in [4.69, 9.17) is 10.5 Å². The first-order valence-corrected chi connectivity index (χ1v) is 7.10. The molecule has 0 amide bonds. The minimum Gasteiger partial charge on any atom is -0.497 e. The molecule has 0 heterocycles. The second kappa shape index (κ2) is 6.58. The lowest BCUT2D eigenvalue weighted by molar-refractivity contribution is 0.415. The van der Waals surface area contributed by atoms with Gasteiger partial charge in [-0.2, -0.15) is 0 Å². The average Bonchev–Trinajstić information content (AvgIpc) is 2.48. The molecule has 0 aliphatic carbocycles. The van der Waals surface area contributed by atoms with Crippen LogP contribution >= 0.6 is 0 Å². The van der Waals surface area contributed by atoms with Gasteiger partial charge in [0, 0.05) is 0 Å². The van der Waals surface area contributed by atoms with Crippen LogP contribution in [0.1, 0.15) is 25.3 Å². The molecule has 2 heteroatoms. The lowest BCUT2D eigenvalue weighted by Gasteiger charge is -2.19. The minimum absolute atomic E-state index is 0.430. The van der Waals surface area contributed by atoms with Crippen LogP contribution < -0.4 is 10.5 Å². The molecule has 2 rings (SSSR count). The number of hydrogen-bond acceptors (Lipinski definition) is 2. The van der Waals surface area contributed by atoms with Gasteiger partial charge in [-0.25, -0.2) is 0 Å². The highest BCUT2D eigenvalue weighted by Crippen LogP contribution is 2.27. The zero-order chi connectivity index (χ0) is 14.5. The van der Waals surface area contributed by atoms with E-state index in [1.54, 1.807) is 7.11 Å². The van der Waals surface area contributed by atoms with E-state index in [1.165, 1.54) is 16.7 Å². The zero-order valence-corrected chi connectivity index (χ0v) is 12.5. The fourth-order valence-electron chi connectivity index (χ4n) is 2.50. The summed E-state index contributed by atoms with van der Waals surface area (Å²) < 4.78 is 5.18. The second-order valence-corrected chi connectivity index (χ2v) is 5.44. The van der Waals surface area contributed by atoms with Crippen molar-refractivity contribution < 1.29 is 4.74 Å². The second-order valence-electron chi connectivity index (χ2n) is 5.44. The molecule has 20 heavy (non-hydrogen) atoms. The molecule has 0 aromatic heterocycles. The maximum absolute atomic E-state index is 5.87. The van der Waals surface area contributed by atoms with Crippen molar-refractivity contribution in [1.82, 2.24) is 0 Å². The summed E-state index contributed by atoms with van der Waals surface area (Å²) in [6.07, 6.45) is 0. The molecule has 1 atom stereocenters. The molecule has 2 N–H and O–H groups in total. The van der Waals surface area contributed by atoms with E-state index in [2.05, 4.69) is 50.2 Å². The van der Waals surface area contributed by atoms with Crippen LogP contribution in [0.4, 0.5) is 0 Å². The van der Waals surface area contributed by atoms with E-state index in [9.17, 15) is 0 Å². The number of nitrogens with two attached hydrogens (primary N) is 1. The Morgan fingerprint density at radius 1 is 0.900 bits per heavy atom. The standard InChI is InChI=1S/C18H23NO/c1-13(2)18(12-19)16-6-4-14(5-7-16)15-8-10-17(20-3)11-9-15/h4-11,13,18H,12,19H2,1-3H3. The van der Waals surface area contributed by atoms with Crippen molar-refractivity contribution in [2.45, 2.75) is 19.8 Å². The van der Waals surface area contributed by atoms with Gasteiger partial charge in [0.1, 0.15) is 5.75 Å². The topological polar surface area (TPSA) is 35.2 Å².